The minimum absolute atomic E-state index is 0.00937. The Morgan fingerprint density at radius 3 is 2.70 bits per heavy atom. The van der Waals surface area contributed by atoms with Gasteiger partial charge in [-0.1, -0.05) is 6.92 Å². The minimum Gasteiger partial charge on any atom is -0.449 e. The van der Waals surface area contributed by atoms with Gasteiger partial charge in [-0.05, 0) is 19.8 Å². The molecule has 166 valence electrons. The van der Waals surface area contributed by atoms with Gasteiger partial charge < -0.3 is 30.3 Å². The summed E-state index contributed by atoms with van der Waals surface area (Å²) in [5.74, 6) is -1.09. The number of β-lactam (4-membered cyclic amide) rings is 1. The summed E-state index contributed by atoms with van der Waals surface area (Å²) < 4.78 is 4.98. The molecule has 0 saturated carbocycles. The minimum atomic E-state index is -1.49. The second-order valence-corrected chi connectivity index (χ2v) is 9.80. The molecule has 0 aromatic heterocycles. The van der Waals surface area contributed by atoms with E-state index in [2.05, 4.69) is 5.32 Å². The molecular weight excluding hydrogens is 414 g/mol. The van der Waals surface area contributed by atoms with E-state index in [1.54, 1.807) is 11.8 Å². The van der Waals surface area contributed by atoms with Crippen molar-refractivity contribution in [1.82, 2.24) is 15.1 Å². The van der Waals surface area contributed by atoms with Gasteiger partial charge in [0.15, 0.2) is 0 Å². The van der Waals surface area contributed by atoms with Crippen LogP contribution in [0.4, 0.5) is 4.79 Å². The predicted octanol–water partition coefficient (Wildman–Crippen LogP) is -0.235. The van der Waals surface area contributed by atoms with Crippen molar-refractivity contribution >= 4 is 29.7 Å². The third-order valence-electron chi connectivity index (χ3n) is 6.41. The molecule has 10 nitrogen and oxygen atoms in total. The Kier molecular flexibility index (Phi) is 5.73. The third kappa shape index (κ3) is 3.57. The van der Waals surface area contributed by atoms with Gasteiger partial charge in [-0.2, -0.15) is 0 Å². The third-order valence-corrected chi connectivity index (χ3v) is 7.90. The number of aliphatic hydroxyl groups excluding tert-OH is 2. The number of nitrogens with zero attached hydrogens (tertiary/aromatic N) is 2. The number of nitrogens with one attached hydrogen (secondary N) is 1. The molecule has 0 spiro atoms. The van der Waals surface area contributed by atoms with Gasteiger partial charge in [0.1, 0.15) is 0 Å². The fourth-order valence-electron chi connectivity index (χ4n) is 4.93. The quantitative estimate of drug-likeness (QED) is 0.336. The highest BCUT2D eigenvalue weighted by molar-refractivity contribution is 8.03. The van der Waals surface area contributed by atoms with E-state index in [0.29, 0.717) is 37.4 Å². The number of ether oxygens (including phenoxy) is 1. The van der Waals surface area contributed by atoms with Gasteiger partial charge >= 0.3 is 6.16 Å². The standard InChI is InChI=1S/C19H27N3O7S/c1-8-14-13(9(2)23)17(26)22(14)18(29-19(27)28)15(8)30-11-5-12(20-6-11)16(25)21-4-3-10(24)7-21/h8-14,20,23-24H,3-7H2,1-2H3,(H,27,28)/t8?,9?,10?,11?,12?,13?,14-/m1/s1. The first-order valence-electron chi connectivity index (χ1n) is 10.2. The second-order valence-electron chi connectivity index (χ2n) is 8.45. The molecular formula is C19H27N3O7S. The Hall–Kier alpha value is -1.82. The molecule has 0 aromatic rings. The summed E-state index contributed by atoms with van der Waals surface area (Å²) in [7, 11) is 0. The van der Waals surface area contributed by atoms with E-state index in [1.807, 2.05) is 6.92 Å². The van der Waals surface area contributed by atoms with Crippen molar-refractivity contribution in [1.29, 1.82) is 0 Å². The number of hydrogen-bond acceptors (Lipinski definition) is 8. The largest absolute Gasteiger partial charge is 0.512 e. The summed E-state index contributed by atoms with van der Waals surface area (Å²) in [6, 6.07) is -0.676. The van der Waals surface area contributed by atoms with Crippen molar-refractivity contribution in [3.63, 3.8) is 0 Å². The lowest BCUT2D eigenvalue weighted by Crippen LogP contribution is -2.63. The molecule has 6 unspecified atom stereocenters. The molecule has 4 rings (SSSR count). The summed E-state index contributed by atoms with van der Waals surface area (Å²) in [5, 5.41) is 32.0. The first-order valence-corrected chi connectivity index (χ1v) is 11.1. The number of carbonyl (C=O) groups excluding carboxylic acids is 2. The number of hydrogen-bond donors (Lipinski definition) is 4. The van der Waals surface area contributed by atoms with Gasteiger partial charge in [-0.15, -0.1) is 11.8 Å². The highest BCUT2D eigenvalue weighted by Gasteiger charge is 2.60. The molecule has 3 saturated heterocycles. The maximum atomic E-state index is 12.7. The van der Waals surface area contributed by atoms with E-state index in [-0.39, 0.29) is 40.9 Å². The smallest absolute Gasteiger partial charge is 0.449 e. The van der Waals surface area contributed by atoms with E-state index < -0.39 is 24.3 Å². The normalized spacial score (nSPS) is 36.7. The van der Waals surface area contributed by atoms with Crippen LogP contribution >= 0.6 is 11.8 Å². The molecule has 3 fully saturated rings. The Morgan fingerprint density at radius 2 is 2.10 bits per heavy atom. The number of carbonyl (C=O) groups is 3. The van der Waals surface area contributed by atoms with E-state index in [0.717, 1.165) is 0 Å². The van der Waals surface area contributed by atoms with Crippen LogP contribution in [0.5, 0.6) is 0 Å². The molecule has 30 heavy (non-hydrogen) atoms. The zero-order valence-electron chi connectivity index (χ0n) is 16.9. The van der Waals surface area contributed by atoms with Gasteiger partial charge in [0, 0.05) is 30.8 Å². The van der Waals surface area contributed by atoms with Gasteiger partial charge in [0.25, 0.3) is 0 Å². The zero-order valence-corrected chi connectivity index (χ0v) is 17.7. The van der Waals surface area contributed by atoms with Gasteiger partial charge in [-0.25, -0.2) is 4.79 Å². The average Bonchev–Trinajstić information content (AvgIpc) is 3.34. The molecule has 4 aliphatic rings. The molecule has 0 aliphatic carbocycles. The number of fused-ring (bicyclic) bond motifs is 1. The first-order chi connectivity index (χ1) is 14.2. The highest BCUT2D eigenvalue weighted by atomic mass is 32.2. The van der Waals surface area contributed by atoms with Crippen molar-refractivity contribution in [2.45, 2.75) is 56.2 Å². The lowest BCUT2D eigenvalue weighted by atomic mass is 9.79. The second kappa shape index (κ2) is 8.03. The van der Waals surface area contributed by atoms with Gasteiger partial charge in [0.05, 0.1) is 35.1 Å². The molecule has 2 amide bonds. The van der Waals surface area contributed by atoms with Crippen molar-refractivity contribution < 1.29 is 34.4 Å². The van der Waals surface area contributed by atoms with Crippen LogP contribution in [0, 0.1) is 11.8 Å². The zero-order chi connectivity index (χ0) is 21.7. The van der Waals surface area contributed by atoms with E-state index in [9.17, 15) is 24.6 Å². The summed E-state index contributed by atoms with van der Waals surface area (Å²) in [4.78, 5) is 40.1. The summed E-state index contributed by atoms with van der Waals surface area (Å²) in [5.41, 5.74) is 0. The number of carboxylic acid groups (broad SMARTS) is 1. The van der Waals surface area contributed by atoms with Gasteiger partial charge in [-0.3, -0.25) is 14.5 Å². The maximum absolute atomic E-state index is 12.7. The van der Waals surface area contributed by atoms with Crippen LogP contribution in [0.3, 0.4) is 0 Å². The van der Waals surface area contributed by atoms with Crippen molar-refractivity contribution in [3.8, 4) is 0 Å². The number of aliphatic hydroxyl groups is 2. The van der Waals surface area contributed by atoms with Crippen LogP contribution < -0.4 is 5.32 Å². The summed E-state index contributed by atoms with van der Waals surface area (Å²) in [6.45, 7) is 4.92. The topological polar surface area (TPSA) is 140 Å². The number of thioether (sulfide) groups is 1. The Morgan fingerprint density at radius 1 is 1.37 bits per heavy atom. The lowest BCUT2D eigenvalue weighted by molar-refractivity contribution is -0.163. The van der Waals surface area contributed by atoms with E-state index in [1.165, 1.54) is 16.7 Å². The Balaban J connectivity index is 1.46. The van der Waals surface area contributed by atoms with Crippen LogP contribution in [0.15, 0.2) is 10.8 Å². The van der Waals surface area contributed by atoms with Crippen molar-refractivity contribution in [2.75, 3.05) is 19.6 Å². The molecule has 4 aliphatic heterocycles. The highest BCUT2D eigenvalue weighted by Crippen LogP contribution is 2.52. The maximum Gasteiger partial charge on any atom is 0.512 e. The Labute approximate surface area is 178 Å². The van der Waals surface area contributed by atoms with Crippen LogP contribution in [0.2, 0.25) is 0 Å². The van der Waals surface area contributed by atoms with E-state index >= 15 is 0 Å². The van der Waals surface area contributed by atoms with Crippen molar-refractivity contribution in [3.05, 3.63) is 10.8 Å². The number of likely N-dealkylation sites (tertiary alicyclic amines) is 1. The van der Waals surface area contributed by atoms with E-state index in [4.69, 9.17) is 9.84 Å². The lowest BCUT2D eigenvalue weighted by Gasteiger charge is -2.45. The Bertz CT molecular complexity index is 788. The van der Waals surface area contributed by atoms with Gasteiger partial charge in [0.2, 0.25) is 17.7 Å². The summed E-state index contributed by atoms with van der Waals surface area (Å²) >= 11 is 1.43. The number of rotatable bonds is 5. The average molecular weight is 442 g/mol. The van der Waals surface area contributed by atoms with Crippen LogP contribution in [0.1, 0.15) is 26.7 Å². The molecule has 0 radical (unpaired) electrons. The molecule has 4 heterocycles. The SMILES string of the molecule is CC(O)C1C(=O)N2C(OC(=O)O)=C(SC3CNC(C(=O)N4CCC(O)C4)C3)C(C)[C@H]12. The van der Waals surface area contributed by atoms with Crippen LogP contribution in [-0.2, 0) is 14.3 Å². The van der Waals surface area contributed by atoms with Crippen LogP contribution in [-0.4, -0.2) is 92.3 Å². The first kappa shape index (κ1) is 21.4. The fourth-order valence-corrected chi connectivity index (χ4v) is 6.35. The predicted molar refractivity (Wildman–Crippen MR) is 106 cm³/mol. The van der Waals surface area contributed by atoms with Crippen LogP contribution in [0.25, 0.3) is 0 Å². The molecule has 11 heteroatoms. The molecule has 0 bridgehead atoms. The monoisotopic (exact) mass is 441 g/mol. The number of amides is 2. The fraction of sp³-hybridized carbons (Fsp3) is 0.737. The molecule has 4 N–H and O–H groups in total. The summed E-state index contributed by atoms with van der Waals surface area (Å²) in [6.07, 6.45) is -1.64. The molecule has 7 atom stereocenters. The van der Waals surface area contributed by atoms with Crippen molar-refractivity contribution in [2.24, 2.45) is 11.8 Å². The number of β-amino-alcohol motifs (C(OH)–C–C–N with tert-alkyl or cyclic N) is 1. The molecule has 0 aromatic carbocycles.